The SMILES string of the molecule is CCCNC(=O)NC(=O)COC(=O)c1cc(C)ccc1OC. The smallest absolute Gasteiger partial charge is 0.342 e. The van der Waals surface area contributed by atoms with E-state index >= 15 is 0 Å². The number of aryl methyl sites for hydroxylation is 1. The third-order valence-electron chi connectivity index (χ3n) is 2.70. The van der Waals surface area contributed by atoms with Gasteiger partial charge in [-0.15, -0.1) is 0 Å². The molecule has 0 fully saturated rings. The molecular weight excluding hydrogens is 288 g/mol. The highest BCUT2D eigenvalue weighted by atomic mass is 16.5. The van der Waals surface area contributed by atoms with Crippen LogP contribution < -0.4 is 15.4 Å². The number of carbonyl (C=O) groups excluding carboxylic acids is 3. The van der Waals surface area contributed by atoms with Gasteiger partial charge < -0.3 is 14.8 Å². The van der Waals surface area contributed by atoms with Gasteiger partial charge in [0.2, 0.25) is 0 Å². The van der Waals surface area contributed by atoms with Crippen molar-refractivity contribution in [1.29, 1.82) is 0 Å². The zero-order valence-electron chi connectivity index (χ0n) is 12.9. The first-order valence-electron chi connectivity index (χ1n) is 6.87. The summed E-state index contributed by atoms with van der Waals surface area (Å²) in [6.07, 6.45) is 0.754. The molecule has 0 aromatic heterocycles. The molecule has 7 nitrogen and oxygen atoms in total. The summed E-state index contributed by atoms with van der Waals surface area (Å²) in [4.78, 5) is 34.7. The largest absolute Gasteiger partial charge is 0.496 e. The van der Waals surface area contributed by atoms with E-state index in [0.717, 1.165) is 12.0 Å². The summed E-state index contributed by atoms with van der Waals surface area (Å²) in [6.45, 7) is 3.62. The lowest BCUT2D eigenvalue weighted by atomic mass is 10.1. The van der Waals surface area contributed by atoms with Crippen LogP contribution in [0.4, 0.5) is 4.79 Å². The first kappa shape index (κ1) is 17.5. The van der Waals surface area contributed by atoms with Crippen molar-refractivity contribution in [2.75, 3.05) is 20.3 Å². The standard InChI is InChI=1S/C15H20N2O5/c1-4-7-16-15(20)17-13(18)9-22-14(19)11-8-10(2)5-6-12(11)21-3/h5-6,8H,4,7,9H2,1-3H3,(H2,16,17,18,20). The fourth-order valence-corrected chi connectivity index (χ4v) is 1.64. The van der Waals surface area contributed by atoms with Crippen molar-refractivity contribution >= 4 is 17.9 Å². The Morgan fingerprint density at radius 3 is 2.59 bits per heavy atom. The molecule has 120 valence electrons. The summed E-state index contributed by atoms with van der Waals surface area (Å²) in [5, 5.41) is 4.54. The van der Waals surface area contributed by atoms with Crippen molar-refractivity contribution in [1.82, 2.24) is 10.6 Å². The summed E-state index contributed by atoms with van der Waals surface area (Å²) in [6, 6.07) is 4.42. The molecule has 2 N–H and O–H groups in total. The monoisotopic (exact) mass is 308 g/mol. The van der Waals surface area contributed by atoms with Crippen molar-refractivity contribution in [2.45, 2.75) is 20.3 Å². The number of imide groups is 1. The average Bonchev–Trinajstić information content (AvgIpc) is 2.50. The molecular formula is C15H20N2O5. The first-order chi connectivity index (χ1) is 10.5. The second kappa shape index (κ2) is 8.66. The Balaban J connectivity index is 2.54. The second-order valence-corrected chi connectivity index (χ2v) is 4.58. The van der Waals surface area contributed by atoms with E-state index in [1.54, 1.807) is 18.2 Å². The lowest BCUT2D eigenvalue weighted by Gasteiger charge is -2.10. The molecule has 0 heterocycles. The molecule has 0 saturated heterocycles. The maximum atomic E-state index is 12.0. The Kier molecular flexibility index (Phi) is 6.88. The van der Waals surface area contributed by atoms with Crippen LogP contribution in [-0.2, 0) is 9.53 Å². The third-order valence-corrected chi connectivity index (χ3v) is 2.70. The average molecular weight is 308 g/mol. The van der Waals surface area contributed by atoms with Gasteiger partial charge in [0.15, 0.2) is 6.61 Å². The van der Waals surface area contributed by atoms with Crippen molar-refractivity contribution in [2.24, 2.45) is 0 Å². The van der Waals surface area contributed by atoms with Gasteiger partial charge >= 0.3 is 12.0 Å². The number of rotatable bonds is 6. The van der Waals surface area contributed by atoms with E-state index in [2.05, 4.69) is 10.6 Å². The van der Waals surface area contributed by atoms with Gasteiger partial charge in [-0.3, -0.25) is 10.1 Å². The van der Waals surface area contributed by atoms with Gasteiger partial charge in [-0.2, -0.15) is 0 Å². The Morgan fingerprint density at radius 2 is 1.95 bits per heavy atom. The van der Waals surface area contributed by atoms with Crippen LogP contribution in [0, 0.1) is 6.92 Å². The van der Waals surface area contributed by atoms with Gasteiger partial charge in [0.25, 0.3) is 5.91 Å². The third kappa shape index (κ3) is 5.43. The van der Waals surface area contributed by atoms with Crippen LogP contribution >= 0.6 is 0 Å². The van der Waals surface area contributed by atoms with Crippen molar-refractivity contribution in [3.8, 4) is 5.75 Å². The van der Waals surface area contributed by atoms with Crippen LogP contribution in [0.3, 0.4) is 0 Å². The molecule has 0 aliphatic heterocycles. The molecule has 0 aliphatic rings. The van der Waals surface area contributed by atoms with Gasteiger partial charge in [-0.05, 0) is 25.5 Å². The summed E-state index contributed by atoms with van der Waals surface area (Å²) in [5.74, 6) is -1.03. The normalized spacial score (nSPS) is 9.77. The van der Waals surface area contributed by atoms with Crippen molar-refractivity contribution in [3.05, 3.63) is 29.3 Å². The number of urea groups is 1. The second-order valence-electron chi connectivity index (χ2n) is 4.58. The lowest BCUT2D eigenvalue weighted by Crippen LogP contribution is -2.41. The molecule has 1 aromatic rings. The fraction of sp³-hybridized carbons (Fsp3) is 0.400. The number of esters is 1. The molecule has 1 rings (SSSR count). The topological polar surface area (TPSA) is 93.7 Å². The Labute approximate surface area is 129 Å². The Morgan fingerprint density at radius 1 is 1.23 bits per heavy atom. The minimum Gasteiger partial charge on any atom is -0.496 e. The highest BCUT2D eigenvalue weighted by molar-refractivity contribution is 5.97. The first-order valence-corrected chi connectivity index (χ1v) is 6.87. The van der Waals surface area contributed by atoms with Crippen LogP contribution in [0.2, 0.25) is 0 Å². The molecule has 0 radical (unpaired) electrons. The summed E-state index contributed by atoms with van der Waals surface area (Å²) < 4.78 is 9.95. The van der Waals surface area contributed by atoms with Crippen LogP contribution in [-0.4, -0.2) is 38.2 Å². The van der Waals surface area contributed by atoms with Crippen LogP contribution in [0.1, 0.15) is 29.3 Å². The van der Waals surface area contributed by atoms with Crippen LogP contribution in [0.5, 0.6) is 5.75 Å². The number of carbonyl (C=O) groups is 3. The van der Waals surface area contributed by atoms with E-state index < -0.39 is 24.5 Å². The summed E-state index contributed by atoms with van der Waals surface area (Å²) in [5.41, 5.74) is 1.09. The van der Waals surface area contributed by atoms with Gasteiger partial charge in [-0.1, -0.05) is 18.6 Å². The van der Waals surface area contributed by atoms with Crippen molar-refractivity contribution < 1.29 is 23.9 Å². The Hall–Kier alpha value is -2.57. The maximum absolute atomic E-state index is 12.0. The highest BCUT2D eigenvalue weighted by Crippen LogP contribution is 2.20. The number of methoxy groups -OCH3 is 1. The molecule has 3 amide bonds. The quantitative estimate of drug-likeness (QED) is 0.775. The number of nitrogens with one attached hydrogen (secondary N) is 2. The van der Waals surface area contributed by atoms with E-state index in [4.69, 9.17) is 9.47 Å². The zero-order valence-corrected chi connectivity index (χ0v) is 12.9. The molecule has 0 atom stereocenters. The molecule has 0 aliphatic carbocycles. The minimum atomic E-state index is -0.700. The number of hydrogen-bond acceptors (Lipinski definition) is 5. The molecule has 1 aromatic carbocycles. The molecule has 0 spiro atoms. The predicted octanol–water partition coefficient (Wildman–Crippen LogP) is 1.40. The van der Waals surface area contributed by atoms with Crippen molar-refractivity contribution in [3.63, 3.8) is 0 Å². The lowest BCUT2D eigenvalue weighted by molar-refractivity contribution is -0.123. The van der Waals surface area contributed by atoms with E-state index in [1.165, 1.54) is 7.11 Å². The van der Waals surface area contributed by atoms with Gasteiger partial charge in [0, 0.05) is 6.54 Å². The summed E-state index contributed by atoms with van der Waals surface area (Å²) in [7, 11) is 1.44. The van der Waals surface area contributed by atoms with Gasteiger partial charge in [0.1, 0.15) is 11.3 Å². The van der Waals surface area contributed by atoms with Crippen LogP contribution in [0.25, 0.3) is 0 Å². The van der Waals surface area contributed by atoms with E-state index in [9.17, 15) is 14.4 Å². The summed E-state index contributed by atoms with van der Waals surface area (Å²) >= 11 is 0. The fourth-order valence-electron chi connectivity index (χ4n) is 1.64. The van der Waals surface area contributed by atoms with Crippen LogP contribution in [0.15, 0.2) is 18.2 Å². The number of ether oxygens (including phenoxy) is 2. The van der Waals surface area contributed by atoms with E-state index in [1.807, 2.05) is 13.8 Å². The maximum Gasteiger partial charge on any atom is 0.342 e. The number of hydrogen-bond donors (Lipinski definition) is 2. The predicted molar refractivity (Wildman–Crippen MR) is 79.8 cm³/mol. The van der Waals surface area contributed by atoms with Gasteiger partial charge in [-0.25, -0.2) is 9.59 Å². The van der Waals surface area contributed by atoms with E-state index in [-0.39, 0.29) is 5.56 Å². The Bertz CT molecular complexity index is 557. The number of benzene rings is 1. The highest BCUT2D eigenvalue weighted by Gasteiger charge is 2.16. The molecule has 0 saturated carbocycles. The molecule has 22 heavy (non-hydrogen) atoms. The number of amides is 3. The zero-order chi connectivity index (χ0) is 16.5. The molecule has 7 heteroatoms. The minimum absolute atomic E-state index is 0.228. The molecule has 0 bridgehead atoms. The molecule has 0 unspecified atom stereocenters. The van der Waals surface area contributed by atoms with Gasteiger partial charge in [0.05, 0.1) is 7.11 Å². The van der Waals surface area contributed by atoms with E-state index in [0.29, 0.717) is 12.3 Å².